The number of hydrogen-bond acceptors (Lipinski definition) is 4. The molecule has 0 aliphatic carbocycles. The first-order chi connectivity index (χ1) is 9.70. The Balaban J connectivity index is 1.96. The molecule has 0 aliphatic rings. The summed E-state index contributed by atoms with van der Waals surface area (Å²) in [5, 5.41) is 11.5. The molecule has 0 saturated carbocycles. The molecule has 5 nitrogen and oxygen atoms in total. The number of halogens is 1. The minimum Gasteiger partial charge on any atom is -0.482 e. The first-order valence-corrected chi connectivity index (χ1v) is 6.52. The number of carbonyl (C=O) groups is 1. The third kappa shape index (κ3) is 3.56. The van der Waals surface area contributed by atoms with Crippen LogP contribution in [-0.2, 0) is 4.79 Å². The molecule has 1 N–H and O–H groups in total. The van der Waals surface area contributed by atoms with E-state index < -0.39 is 0 Å². The van der Waals surface area contributed by atoms with Crippen molar-refractivity contribution < 1.29 is 9.53 Å². The van der Waals surface area contributed by atoms with E-state index in [0.717, 1.165) is 0 Å². The Morgan fingerprint density at radius 3 is 2.90 bits per heavy atom. The molecule has 0 bridgehead atoms. The van der Waals surface area contributed by atoms with Crippen molar-refractivity contribution in [1.82, 2.24) is 4.98 Å². The van der Waals surface area contributed by atoms with Crippen LogP contribution in [0.4, 0.5) is 5.82 Å². The molecule has 1 amide bonds. The van der Waals surface area contributed by atoms with Crippen molar-refractivity contribution in [2.75, 3.05) is 11.9 Å². The molecule has 1 aromatic carbocycles. The van der Waals surface area contributed by atoms with Crippen LogP contribution in [0.5, 0.6) is 5.75 Å². The number of nitrogens with zero attached hydrogens (tertiary/aromatic N) is 2. The van der Waals surface area contributed by atoms with Crippen LogP contribution in [0.3, 0.4) is 0 Å². The summed E-state index contributed by atoms with van der Waals surface area (Å²) >= 11 is 3.28. The predicted octanol–water partition coefficient (Wildman–Crippen LogP) is 2.73. The summed E-state index contributed by atoms with van der Waals surface area (Å²) in [4.78, 5) is 15.8. The smallest absolute Gasteiger partial charge is 0.263 e. The Kier molecular flexibility index (Phi) is 4.69. The molecule has 20 heavy (non-hydrogen) atoms. The fourth-order valence-electron chi connectivity index (χ4n) is 1.47. The van der Waals surface area contributed by atoms with Crippen LogP contribution in [-0.4, -0.2) is 17.5 Å². The van der Waals surface area contributed by atoms with Crippen molar-refractivity contribution in [2.24, 2.45) is 0 Å². The molecule has 100 valence electrons. The normalized spacial score (nSPS) is 9.60. The Hall–Kier alpha value is -2.39. The number of amides is 1. The maximum atomic E-state index is 11.8. The molecule has 0 aliphatic heterocycles. The van der Waals surface area contributed by atoms with E-state index >= 15 is 0 Å². The zero-order chi connectivity index (χ0) is 14.4. The van der Waals surface area contributed by atoms with Gasteiger partial charge < -0.3 is 10.1 Å². The average Bonchev–Trinajstić information content (AvgIpc) is 2.48. The highest BCUT2D eigenvalue weighted by Gasteiger charge is 2.08. The van der Waals surface area contributed by atoms with Gasteiger partial charge in [0.2, 0.25) is 0 Å². The van der Waals surface area contributed by atoms with Gasteiger partial charge in [-0.05, 0) is 40.2 Å². The molecule has 1 heterocycles. The number of benzene rings is 1. The maximum absolute atomic E-state index is 11.8. The molecule has 0 radical (unpaired) electrons. The number of rotatable bonds is 4. The van der Waals surface area contributed by atoms with E-state index in [9.17, 15) is 4.79 Å². The van der Waals surface area contributed by atoms with E-state index in [-0.39, 0.29) is 12.5 Å². The van der Waals surface area contributed by atoms with Crippen LogP contribution in [0.15, 0.2) is 47.1 Å². The summed E-state index contributed by atoms with van der Waals surface area (Å²) in [5.41, 5.74) is 0.388. The quantitative estimate of drug-likeness (QED) is 0.934. The lowest BCUT2D eigenvalue weighted by molar-refractivity contribution is -0.118. The van der Waals surface area contributed by atoms with Gasteiger partial charge in [0.15, 0.2) is 6.61 Å². The van der Waals surface area contributed by atoms with Crippen molar-refractivity contribution >= 4 is 27.7 Å². The van der Waals surface area contributed by atoms with Crippen molar-refractivity contribution in [3.8, 4) is 11.8 Å². The molecule has 0 saturated heterocycles. The van der Waals surface area contributed by atoms with E-state index in [1.165, 1.54) is 0 Å². The van der Waals surface area contributed by atoms with Crippen LogP contribution in [0.2, 0.25) is 0 Å². The number of aromatic nitrogens is 1. The lowest BCUT2D eigenvalue weighted by atomic mass is 10.2. The third-order valence-corrected chi connectivity index (χ3v) is 3.02. The van der Waals surface area contributed by atoms with E-state index in [1.807, 2.05) is 6.07 Å². The van der Waals surface area contributed by atoms with Gasteiger partial charge >= 0.3 is 0 Å². The second-order valence-corrected chi connectivity index (χ2v) is 4.63. The molecule has 0 atom stereocenters. The molecule has 2 aromatic rings. The number of hydrogen-bond donors (Lipinski definition) is 1. The van der Waals surface area contributed by atoms with Crippen LogP contribution in [0, 0.1) is 11.3 Å². The van der Waals surface area contributed by atoms with Gasteiger partial charge in [0.25, 0.3) is 5.91 Å². The molecular weight excluding hydrogens is 322 g/mol. The van der Waals surface area contributed by atoms with Crippen molar-refractivity contribution in [1.29, 1.82) is 5.26 Å². The highest BCUT2D eigenvalue weighted by molar-refractivity contribution is 9.10. The number of pyridine rings is 1. The van der Waals surface area contributed by atoms with E-state index in [4.69, 9.17) is 10.00 Å². The molecule has 0 fully saturated rings. The van der Waals surface area contributed by atoms with Crippen molar-refractivity contribution in [3.05, 3.63) is 52.6 Å². The monoisotopic (exact) mass is 331 g/mol. The molecule has 1 aromatic heterocycles. The fraction of sp³-hybridized carbons (Fsp3) is 0.0714. The zero-order valence-corrected chi connectivity index (χ0v) is 11.9. The van der Waals surface area contributed by atoms with Gasteiger partial charge in [-0.2, -0.15) is 5.26 Å². The van der Waals surface area contributed by atoms with Gasteiger partial charge in [0, 0.05) is 6.20 Å². The summed E-state index contributed by atoms with van der Waals surface area (Å²) in [6.07, 6.45) is 1.58. The highest BCUT2D eigenvalue weighted by atomic mass is 79.9. The number of carbonyl (C=O) groups excluding carboxylic acids is 1. The van der Waals surface area contributed by atoms with Crippen LogP contribution in [0.25, 0.3) is 0 Å². The van der Waals surface area contributed by atoms with Gasteiger partial charge in [-0.1, -0.05) is 12.1 Å². The average molecular weight is 332 g/mol. The van der Waals surface area contributed by atoms with Crippen LogP contribution in [0.1, 0.15) is 5.56 Å². The van der Waals surface area contributed by atoms with Crippen LogP contribution < -0.4 is 10.1 Å². The Bertz CT molecular complexity index is 667. The van der Waals surface area contributed by atoms with Gasteiger partial charge in [0.05, 0.1) is 10.0 Å². The van der Waals surface area contributed by atoms with Gasteiger partial charge in [-0.25, -0.2) is 4.98 Å². The Labute approximate surface area is 124 Å². The first kappa shape index (κ1) is 14.0. The number of ether oxygens (including phenoxy) is 1. The topological polar surface area (TPSA) is 75.0 Å². The second-order valence-electron chi connectivity index (χ2n) is 3.78. The predicted molar refractivity (Wildman–Crippen MR) is 77.2 cm³/mol. The van der Waals surface area contributed by atoms with Gasteiger partial charge in [-0.3, -0.25) is 4.79 Å². The Morgan fingerprint density at radius 2 is 2.15 bits per heavy atom. The summed E-state index contributed by atoms with van der Waals surface area (Å²) in [6, 6.07) is 12.3. The lowest BCUT2D eigenvalue weighted by Crippen LogP contribution is -2.21. The summed E-state index contributed by atoms with van der Waals surface area (Å²) in [6.45, 7) is -0.193. The molecular formula is C14H10BrN3O2. The largest absolute Gasteiger partial charge is 0.482 e. The number of anilines is 1. The van der Waals surface area contributed by atoms with Gasteiger partial charge in [0.1, 0.15) is 17.6 Å². The fourth-order valence-corrected chi connectivity index (χ4v) is 1.83. The van der Waals surface area contributed by atoms with Crippen molar-refractivity contribution in [2.45, 2.75) is 0 Å². The number of nitriles is 1. The summed E-state index contributed by atoms with van der Waals surface area (Å²) in [7, 11) is 0. The number of nitrogens with one attached hydrogen (secondary N) is 1. The Morgan fingerprint density at radius 1 is 1.35 bits per heavy atom. The summed E-state index contributed by atoms with van der Waals surface area (Å²) in [5.74, 6) is 0.456. The first-order valence-electron chi connectivity index (χ1n) is 5.73. The standard InChI is InChI=1S/C14H10BrN3O2/c15-11-5-3-7-17-14(11)18-13(19)9-20-12-6-2-1-4-10(12)8-16/h1-7H,9H2,(H,17,18,19). The van der Waals surface area contributed by atoms with Crippen LogP contribution >= 0.6 is 15.9 Å². The molecule has 2 rings (SSSR count). The summed E-state index contributed by atoms with van der Waals surface area (Å²) < 4.78 is 6.01. The van der Waals surface area contributed by atoms with E-state index in [1.54, 1.807) is 42.6 Å². The minimum atomic E-state index is -0.350. The highest BCUT2D eigenvalue weighted by Crippen LogP contribution is 2.19. The third-order valence-electron chi connectivity index (χ3n) is 2.38. The second kappa shape index (κ2) is 6.68. The van der Waals surface area contributed by atoms with E-state index in [2.05, 4.69) is 26.2 Å². The lowest BCUT2D eigenvalue weighted by Gasteiger charge is -2.08. The molecule has 0 unspecified atom stereocenters. The van der Waals surface area contributed by atoms with Crippen molar-refractivity contribution in [3.63, 3.8) is 0 Å². The zero-order valence-electron chi connectivity index (χ0n) is 10.3. The minimum absolute atomic E-state index is 0.193. The number of para-hydroxylation sites is 1. The van der Waals surface area contributed by atoms with E-state index in [0.29, 0.717) is 21.6 Å². The van der Waals surface area contributed by atoms with Gasteiger partial charge in [-0.15, -0.1) is 0 Å². The molecule has 0 spiro atoms. The SMILES string of the molecule is N#Cc1ccccc1OCC(=O)Nc1ncccc1Br. The maximum Gasteiger partial charge on any atom is 0.263 e. The molecule has 6 heteroatoms.